The van der Waals surface area contributed by atoms with Crippen molar-refractivity contribution in [1.82, 2.24) is 19.2 Å². The molecule has 9 heteroatoms. The van der Waals surface area contributed by atoms with Crippen molar-refractivity contribution in [3.8, 4) is 0 Å². The lowest BCUT2D eigenvalue weighted by Crippen LogP contribution is -2.48. The van der Waals surface area contributed by atoms with E-state index in [0.717, 1.165) is 29.8 Å². The van der Waals surface area contributed by atoms with Crippen LogP contribution in [0.1, 0.15) is 29.8 Å². The number of nitrogens with two attached hydrogens (primary N) is 1. The Morgan fingerprint density at radius 1 is 1.16 bits per heavy atom. The van der Waals surface area contributed by atoms with Crippen LogP contribution in [0.4, 0.5) is 5.95 Å². The van der Waals surface area contributed by atoms with E-state index in [0.29, 0.717) is 19.6 Å². The number of hydrogen-bond acceptors (Lipinski definition) is 6. The number of rotatable bonds is 3. The molecule has 3 fully saturated rings. The van der Waals surface area contributed by atoms with Crippen molar-refractivity contribution in [1.29, 1.82) is 0 Å². The topological polar surface area (TPSA) is 109 Å². The van der Waals surface area contributed by atoms with Crippen LogP contribution in [0.5, 0.6) is 0 Å². The van der Waals surface area contributed by atoms with Gasteiger partial charge in [0.25, 0.3) is 0 Å². The van der Waals surface area contributed by atoms with E-state index in [-0.39, 0.29) is 30.2 Å². The van der Waals surface area contributed by atoms with E-state index in [4.69, 9.17) is 5.73 Å². The zero-order chi connectivity index (χ0) is 18.4. The molecule has 0 aliphatic carbocycles. The Labute approximate surface area is 148 Å². The number of amides is 1. The van der Waals surface area contributed by atoms with Crippen molar-refractivity contribution in [3.63, 3.8) is 0 Å². The Balaban J connectivity index is 1.80. The van der Waals surface area contributed by atoms with Gasteiger partial charge in [0.1, 0.15) is 0 Å². The summed E-state index contributed by atoms with van der Waals surface area (Å²) in [7, 11) is -3.24. The molecule has 3 aliphatic heterocycles. The number of anilines is 1. The summed E-state index contributed by atoms with van der Waals surface area (Å²) in [5.41, 5.74) is 7.89. The molecule has 0 aromatic carbocycles. The molecule has 0 spiro atoms. The van der Waals surface area contributed by atoms with Crippen molar-refractivity contribution >= 4 is 21.9 Å². The van der Waals surface area contributed by atoms with Crippen LogP contribution in [0, 0.1) is 19.8 Å². The molecule has 1 aromatic heterocycles. The average Bonchev–Trinajstić information content (AvgIpc) is 2.82. The first-order valence-electron chi connectivity index (χ1n) is 8.49. The molecule has 3 aliphatic rings. The Hall–Kier alpha value is -1.74. The fourth-order valence-corrected chi connectivity index (χ4v) is 4.81. The summed E-state index contributed by atoms with van der Waals surface area (Å²) in [4.78, 5) is 23.1. The predicted molar refractivity (Wildman–Crippen MR) is 94.3 cm³/mol. The Bertz CT molecular complexity index is 772. The Morgan fingerprint density at radius 2 is 1.80 bits per heavy atom. The quantitative estimate of drug-likeness (QED) is 0.811. The van der Waals surface area contributed by atoms with E-state index in [9.17, 15) is 13.2 Å². The number of fused-ring (bicyclic) bond motifs is 4. The minimum atomic E-state index is -3.24. The molecule has 2 bridgehead atoms. The molecule has 25 heavy (non-hydrogen) atoms. The van der Waals surface area contributed by atoms with Gasteiger partial charge in [-0.15, -0.1) is 0 Å². The Kier molecular flexibility index (Phi) is 4.72. The van der Waals surface area contributed by atoms with Crippen molar-refractivity contribution in [2.24, 2.45) is 5.92 Å². The second-order valence-corrected chi connectivity index (χ2v) is 9.11. The fraction of sp³-hybridized carbons (Fsp3) is 0.688. The van der Waals surface area contributed by atoms with E-state index in [2.05, 4.69) is 9.97 Å². The normalized spacial score (nSPS) is 24.4. The number of carbonyl (C=O) groups is 1. The van der Waals surface area contributed by atoms with Crippen molar-refractivity contribution in [2.45, 2.75) is 39.2 Å². The first-order chi connectivity index (χ1) is 11.6. The number of aryl methyl sites for hydroxylation is 2. The van der Waals surface area contributed by atoms with Crippen LogP contribution in [0.3, 0.4) is 0 Å². The standard InChI is InChI=1S/C16H25N5O3S/c1-10-14(11(2)19-16(17)18-10)6-15(22)21-8-12-4-5-13(21)9-20(7-12)25(3,23)24/h12-13H,4-9H2,1-3H3,(H2,17,18,19)/t12-,13+/m0/s1. The molecule has 1 aromatic rings. The van der Waals surface area contributed by atoms with E-state index in [1.807, 2.05) is 18.7 Å². The molecule has 1 amide bonds. The summed E-state index contributed by atoms with van der Waals surface area (Å²) in [6.45, 7) is 5.16. The van der Waals surface area contributed by atoms with Gasteiger partial charge in [0.2, 0.25) is 21.9 Å². The molecule has 138 valence electrons. The molecule has 0 saturated carbocycles. The lowest BCUT2D eigenvalue weighted by atomic mass is 9.94. The number of hydrogen-bond donors (Lipinski definition) is 1. The second-order valence-electron chi connectivity index (χ2n) is 7.13. The maximum atomic E-state index is 12.9. The lowest BCUT2D eigenvalue weighted by Gasteiger charge is -2.36. The number of carbonyl (C=O) groups excluding carboxylic acids is 1. The summed E-state index contributed by atoms with van der Waals surface area (Å²) in [5.74, 6) is 0.413. The summed E-state index contributed by atoms with van der Waals surface area (Å²) in [6, 6.07) is -0.0590. The van der Waals surface area contributed by atoms with E-state index in [1.54, 1.807) is 0 Å². The van der Waals surface area contributed by atoms with Crippen molar-refractivity contribution in [3.05, 3.63) is 17.0 Å². The van der Waals surface area contributed by atoms with Crippen molar-refractivity contribution < 1.29 is 13.2 Å². The molecular formula is C16H25N5O3S. The summed E-state index contributed by atoms with van der Waals surface area (Å²) >= 11 is 0. The molecule has 3 saturated heterocycles. The SMILES string of the molecule is Cc1nc(N)nc(C)c1CC(=O)N1C[C@H]2CC[C@@H]1CN(S(C)(=O)=O)C2. The monoisotopic (exact) mass is 367 g/mol. The van der Waals surface area contributed by atoms with Gasteiger partial charge in [-0.25, -0.2) is 18.4 Å². The lowest BCUT2D eigenvalue weighted by molar-refractivity contribution is -0.134. The van der Waals surface area contributed by atoms with E-state index >= 15 is 0 Å². The molecule has 2 N–H and O–H groups in total. The first-order valence-corrected chi connectivity index (χ1v) is 10.3. The van der Waals surface area contributed by atoms with Crippen LogP contribution in [-0.4, -0.2) is 65.4 Å². The highest BCUT2D eigenvalue weighted by Crippen LogP contribution is 2.30. The molecule has 0 unspecified atom stereocenters. The van der Waals surface area contributed by atoms with Gasteiger partial charge in [0.05, 0.1) is 12.7 Å². The molecular weight excluding hydrogens is 342 g/mol. The van der Waals surface area contributed by atoms with Gasteiger partial charge in [-0.1, -0.05) is 0 Å². The highest BCUT2D eigenvalue weighted by atomic mass is 32.2. The number of nitrogens with zero attached hydrogens (tertiary/aromatic N) is 4. The Morgan fingerprint density at radius 3 is 2.40 bits per heavy atom. The van der Waals surface area contributed by atoms with Gasteiger partial charge >= 0.3 is 0 Å². The molecule has 8 nitrogen and oxygen atoms in total. The number of aromatic nitrogens is 2. The third-order valence-corrected chi connectivity index (χ3v) is 6.47. The van der Waals surface area contributed by atoms with Crippen LogP contribution < -0.4 is 5.73 Å². The maximum Gasteiger partial charge on any atom is 0.227 e. The summed E-state index contributed by atoms with van der Waals surface area (Å²) < 4.78 is 25.4. The van der Waals surface area contributed by atoms with Crippen molar-refractivity contribution in [2.75, 3.05) is 31.6 Å². The molecule has 4 heterocycles. The average molecular weight is 367 g/mol. The van der Waals surface area contributed by atoms with Gasteiger partial charge in [-0.3, -0.25) is 4.79 Å². The number of sulfonamides is 1. The molecule has 4 rings (SSSR count). The predicted octanol–water partition coefficient (Wildman–Crippen LogP) is 0.101. The minimum Gasteiger partial charge on any atom is -0.368 e. The molecule has 2 atom stereocenters. The largest absolute Gasteiger partial charge is 0.368 e. The van der Waals surface area contributed by atoms with Gasteiger partial charge in [-0.05, 0) is 32.6 Å². The minimum absolute atomic E-state index is 0.00428. The number of piperidine rings is 1. The zero-order valence-corrected chi connectivity index (χ0v) is 15.7. The third-order valence-electron chi connectivity index (χ3n) is 5.24. The van der Waals surface area contributed by atoms with Crippen LogP contribution >= 0.6 is 0 Å². The van der Waals surface area contributed by atoms with Gasteiger partial charge < -0.3 is 10.6 Å². The van der Waals surface area contributed by atoms with Crippen LogP contribution in [0.25, 0.3) is 0 Å². The molecule has 0 radical (unpaired) electrons. The highest BCUT2D eigenvalue weighted by Gasteiger charge is 2.39. The first kappa shape index (κ1) is 18.1. The summed E-state index contributed by atoms with van der Waals surface area (Å²) in [5, 5.41) is 0. The van der Waals surface area contributed by atoms with Crippen LogP contribution in [0.15, 0.2) is 0 Å². The maximum absolute atomic E-state index is 12.9. The smallest absolute Gasteiger partial charge is 0.227 e. The van der Waals surface area contributed by atoms with E-state index < -0.39 is 10.0 Å². The van der Waals surface area contributed by atoms with Crippen LogP contribution in [-0.2, 0) is 21.2 Å². The zero-order valence-electron chi connectivity index (χ0n) is 14.9. The van der Waals surface area contributed by atoms with Crippen LogP contribution in [0.2, 0.25) is 0 Å². The van der Waals surface area contributed by atoms with E-state index in [1.165, 1.54) is 10.6 Å². The fourth-order valence-electron chi connectivity index (χ4n) is 3.89. The van der Waals surface area contributed by atoms with Gasteiger partial charge in [-0.2, -0.15) is 4.31 Å². The van der Waals surface area contributed by atoms with Gasteiger partial charge in [0, 0.05) is 42.6 Å². The number of nitrogen functional groups attached to an aromatic ring is 1. The highest BCUT2D eigenvalue weighted by molar-refractivity contribution is 7.88. The second kappa shape index (κ2) is 6.53. The summed E-state index contributed by atoms with van der Waals surface area (Å²) in [6.07, 6.45) is 3.27. The third kappa shape index (κ3) is 3.77. The van der Waals surface area contributed by atoms with Gasteiger partial charge in [0.15, 0.2) is 0 Å².